The monoisotopic (exact) mass is 342 g/mol. The topological polar surface area (TPSA) is 44.9 Å². The Morgan fingerprint density at radius 1 is 1.53 bits per heavy atom. The Labute approximate surface area is 114 Å². The minimum atomic E-state index is -0.103. The number of rotatable bonds is 4. The predicted octanol–water partition coefficient (Wildman–Crippen LogP) is 2.95. The summed E-state index contributed by atoms with van der Waals surface area (Å²) < 4.78 is 1.16. The van der Waals surface area contributed by atoms with E-state index in [1.807, 2.05) is 38.4 Å². The largest absolute Gasteiger partial charge is 0.360 e. The number of nitrogens with one attached hydrogen (secondary N) is 2. The fourth-order valence-electron chi connectivity index (χ4n) is 2.01. The van der Waals surface area contributed by atoms with Crippen molar-refractivity contribution in [1.82, 2.24) is 10.3 Å². The van der Waals surface area contributed by atoms with Gasteiger partial charge in [-0.15, -0.1) is 0 Å². The molecule has 90 valence electrons. The van der Waals surface area contributed by atoms with E-state index in [-0.39, 0.29) is 11.8 Å². The van der Waals surface area contributed by atoms with Gasteiger partial charge in [0.25, 0.3) is 0 Å². The number of hydrogen-bond acceptors (Lipinski definition) is 2. The van der Waals surface area contributed by atoms with Crippen LogP contribution in [0.15, 0.2) is 24.4 Å². The van der Waals surface area contributed by atoms with Gasteiger partial charge in [0.15, 0.2) is 5.78 Å². The van der Waals surface area contributed by atoms with E-state index in [4.69, 9.17) is 0 Å². The number of carbonyl (C=O) groups excluding carboxylic acids is 1. The second-order valence-electron chi connectivity index (χ2n) is 4.01. The number of halogens is 1. The smallest absolute Gasteiger partial charge is 0.181 e. The molecule has 17 heavy (non-hydrogen) atoms. The molecule has 0 fully saturated rings. The maximum absolute atomic E-state index is 12.3. The Morgan fingerprint density at radius 3 is 2.94 bits per heavy atom. The Kier molecular flexibility index (Phi) is 3.83. The first kappa shape index (κ1) is 12.6. The number of benzene rings is 1. The van der Waals surface area contributed by atoms with Crippen LogP contribution in [0.2, 0.25) is 0 Å². The summed E-state index contributed by atoms with van der Waals surface area (Å²) in [6.07, 6.45) is 2.61. The van der Waals surface area contributed by atoms with E-state index < -0.39 is 0 Å². The Bertz CT molecular complexity index is 543. The van der Waals surface area contributed by atoms with Crippen molar-refractivity contribution in [2.45, 2.75) is 19.4 Å². The van der Waals surface area contributed by atoms with Crippen LogP contribution in [-0.4, -0.2) is 23.9 Å². The molecular formula is C13H15IN2O. The van der Waals surface area contributed by atoms with Gasteiger partial charge in [0, 0.05) is 26.2 Å². The standard InChI is InChI=1S/C13H15IN2O/c1-3-11(15-2)13(17)10-7-16-12-6-8(14)4-5-9(10)12/h4-7,11,15-16H,3H2,1-2H3. The first-order valence-electron chi connectivity index (χ1n) is 5.65. The molecule has 2 rings (SSSR count). The SMILES string of the molecule is CCC(NC)C(=O)c1c[nH]c2cc(I)ccc12. The molecule has 1 unspecified atom stereocenters. The van der Waals surface area contributed by atoms with Crippen LogP contribution in [0.3, 0.4) is 0 Å². The van der Waals surface area contributed by atoms with Crippen molar-refractivity contribution in [1.29, 1.82) is 0 Å². The molecule has 3 nitrogen and oxygen atoms in total. The van der Waals surface area contributed by atoms with Gasteiger partial charge in [-0.1, -0.05) is 13.0 Å². The van der Waals surface area contributed by atoms with Crippen molar-refractivity contribution in [3.8, 4) is 0 Å². The van der Waals surface area contributed by atoms with Crippen molar-refractivity contribution in [2.24, 2.45) is 0 Å². The second-order valence-corrected chi connectivity index (χ2v) is 5.25. The maximum Gasteiger partial charge on any atom is 0.181 e. The number of carbonyl (C=O) groups is 1. The molecule has 1 aromatic carbocycles. The summed E-state index contributed by atoms with van der Waals surface area (Å²) in [5, 5.41) is 4.05. The third-order valence-corrected chi connectivity index (χ3v) is 3.65. The van der Waals surface area contributed by atoms with Gasteiger partial charge in [0.2, 0.25) is 0 Å². The van der Waals surface area contributed by atoms with Crippen LogP contribution in [0.5, 0.6) is 0 Å². The minimum absolute atomic E-state index is 0.103. The minimum Gasteiger partial charge on any atom is -0.360 e. The number of Topliss-reactive ketones (excluding diaryl/α,β-unsaturated/α-hetero) is 1. The van der Waals surface area contributed by atoms with E-state index in [2.05, 4.69) is 32.9 Å². The molecule has 0 saturated heterocycles. The van der Waals surface area contributed by atoms with Gasteiger partial charge in [-0.05, 0) is 48.2 Å². The number of fused-ring (bicyclic) bond motifs is 1. The third kappa shape index (κ3) is 2.37. The van der Waals surface area contributed by atoms with E-state index >= 15 is 0 Å². The molecule has 0 radical (unpaired) electrons. The lowest BCUT2D eigenvalue weighted by molar-refractivity contribution is 0.0946. The first-order chi connectivity index (χ1) is 8.17. The van der Waals surface area contributed by atoms with Crippen LogP contribution in [0.1, 0.15) is 23.7 Å². The molecule has 1 atom stereocenters. The Balaban J connectivity index is 2.46. The lowest BCUT2D eigenvalue weighted by Gasteiger charge is -2.11. The first-order valence-corrected chi connectivity index (χ1v) is 6.73. The van der Waals surface area contributed by atoms with Gasteiger partial charge in [-0.2, -0.15) is 0 Å². The number of H-pyrrole nitrogens is 1. The Hall–Kier alpha value is -0.880. The van der Waals surface area contributed by atoms with Gasteiger partial charge in [0.05, 0.1) is 6.04 Å². The summed E-state index contributed by atoms with van der Waals surface area (Å²) in [4.78, 5) is 15.4. The van der Waals surface area contributed by atoms with Crippen LogP contribution in [0, 0.1) is 3.57 Å². The molecule has 2 N–H and O–H groups in total. The average molecular weight is 342 g/mol. The lowest BCUT2D eigenvalue weighted by Crippen LogP contribution is -2.33. The predicted molar refractivity (Wildman–Crippen MR) is 78.5 cm³/mol. The van der Waals surface area contributed by atoms with Crippen molar-refractivity contribution in [2.75, 3.05) is 7.05 Å². The molecule has 0 aliphatic heterocycles. The summed E-state index contributed by atoms with van der Waals surface area (Å²) in [6.45, 7) is 2.01. The van der Waals surface area contributed by atoms with Crippen LogP contribution >= 0.6 is 22.6 Å². The summed E-state index contributed by atoms with van der Waals surface area (Å²) in [5.74, 6) is 0.155. The molecule has 0 aliphatic rings. The molecule has 2 aromatic rings. The number of ketones is 1. The molecular weight excluding hydrogens is 327 g/mol. The van der Waals surface area contributed by atoms with Crippen molar-refractivity contribution in [3.05, 3.63) is 33.5 Å². The molecule has 4 heteroatoms. The van der Waals surface area contributed by atoms with Crippen LogP contribution in [0.25, 0.3) is 10.9 Å². The van der Waals surface area contributed by atoms with Crippen molar-refractivity contribution in [3.63, 3.8) is 0 Å². The zero-order chi connectivity index (χ0) is 12.4. The molecule has 1 aromatic heterocycles. The highest BCUT2D eigenvalue weighted by Crippen LogP contribution is 2.22. The van der Waals surface area contributed by atoms with Gasteiger partial charge in [-0.25, -0.2) is 0 Å². The highest BCUT2D eigenvalue weighted by Gasteiger charge is 2.19. The fraction of sp³-hybridized carbons (Fsp3) is 0.308. The zero-order valence-electron chi connectivity index (χ0n) is 9.88. The fourth-order valence-corrected chi connectivity index (χ4v) is 2.50. The normalized spacial score (nSPS) is 12.9. The molecule has 1 heterocycles. The van der Waals surface area contributed by atoms with Crippen molar-refractivity contribution < 1.29 is 4.79 Å². The van der Waals surface area contributed by atoms with Gasteiger partial charge in [0.1, 0.15) is 0 Å². The van der Waals surface area contributed by atoms with Crippen LogP contribution < -0.4 is 5.32 Å². The summed E-state index contributed by atoms with van der Waals surface area (Å²) >= 11 is 2.27. The number of hydrogen-bond donors (Lipinski definition) is 2. The van der Waals surface area contributed by atoms with Gasteiger partial charge in [-0.3, -0.25) is 4.79 Å². The Morgan fingerprint density at radius 2 is 2.29 bits per heavy atom. The van der Waals surface area contributed by atoms with E-state index in [1.54, 1.807) is 0 Å². The van der Waals surface area contributed by atoms with E-state index in [1.165, 1.54) is 0 Å². The van der Waals surface area contributed by atoms with E-state index in [9.17, 15) is 4.79 Å². The number of likely N-dealkylation sites (N-methyl/N-ethyl adjacent to an activating group) is 1. The second kappa shape index (κ2) is 5.18. The lowest BCUT2D eigenvalue weighted by atomic mass is 10.0. The summed E-state index contributed by atoms with van der Waals surface area (Å²) in [7, 11) is 1.82. The summed E-state index contributed by atoms with van der Waals surface area (Å²) in [5.41, 5.74) is 1.80. The average Bonchev–Trinajstić information content (AvgIpc) is 2.73. The summed E-state index contributed by atoms with van der Waals surface area (Å²) in [6, 6.07) is 5.97. The van der Waals surface area contributed by atoms with E-state index in [0.717, 1.165) is 26.5 Å². The molecule has 0 spiro atoms. The van der Waals surface area contributed by atoms with Crippen LogP contribution in [0.4, 0.5) is 0 Å². The van der Waals surface area contributed by atoms with Crippen molar-refractivity contribution >= 4 is 39.3 Å². The molecule has 0 saturated carbocycles. The third-order valence-electron chi connectivity index (χ3n) is 2.98. The zero-order valence-corrected chi connectivity index (χ0v) is 12.0. The van der Waals surface area contributed by atoms with Gasteiger partial charge < -0.3 is 10.3 Å². The van der Waals surface area contributed by atoms with E-state index in [0.29, 0.717) is 0 Å². The van der Waals surface area contributed by atoms with Gasteiger partial charge >= 0.3 is 0 Å². The maximum atomic E-state index is 12.3. The quantitative estimate of drug-likeness (QED) is 0.663. The van der Waals surface area contributed by atoms with Crippen LogP contribution in [-0.2, 0) is 0 Å². The molecule has 0 bridgehead atoms. The highest BCUT2D eigenvalue weighted by atomic mass is 127. The molecule has 0 amide bonds. The number of aromatic amines is 1. The molecule has 0 aliphatic carbocycles. The highest BCUT2D eigenvalue weighted by molar-refractivity contribution is 14.1. The number of aromatic nitrogens is 1.